The lowest BCUT2D eigenvalue weighted by Gasteiger charge is -2.44. The van der Waals surface area contributed by atoms with E-state index in [2.05, 4.69) is 9.97 Å². The smallest absolute Gasteiger partial charge is 0.416 e. The number of carboxylic acid groups (broad SMARTS) is 1. The minimum atomic E-state index is -5.17. The van der Waals surface area contributed by atoms with Crippen molar-refractivity contribution in [2.24, 2.45) is 0 Å². The van der Waals surface area contributed by atoms with E-state index in [0.29, 0.717) is 63.4 Å². The Balaban J connectivity index is 1.60. The Labute approximate surface area is 309 Å². The number of carbonyl (C=O) groups is 2. The number of anilines is 3. The number of aromatic nitrogens is 2. The molecule has 1 fully saturated rings. The molecule has 0 bridgehead atoms. The van der Waals surface area contributed by atoms with Gasteiger partial charge in [-0.05, 0) is 79.6 Å². The molecule has 0 aliphatic carbocycles. The molecule has 300 valence electrons. The number of unbranched alkanes of at least 4 members (excludes halogenated alkanes) is 2. The fraction of sp³-hybridized carbons (Fsp3) is 0.500. The molecule has 3 heterocycles. The van der Waals surface area contributed by atoms with Crippen molar-refractivity contribution >= 4 is 29.4 Å². The lowest BCUT2D eigenvalue weighted by atomic mass is 9.87. The first kappa shape index (κ1) is 41.4. The second-order valence-electron chi connectivity index (χ2n) is 13.2. The maximum absolute atomic E-state index is 14.2. The van der Waals surface area contributed by atoms with Gasteiger partial charge in [-0.25, -0.2) is 14.8 Å². The molecule has 19 heteroatoms. The van der Waals surface area contributed by atoms with E-state index in [-0.39, 0.29) is 49.1 Å². The fourth-order valence-electron chi connectivity index (χ4n) is 6.65. The number of alkyl halides is 9. The molecule has 0 spiro atoms. The van der Waals surface area contributed by atoms with Crippen LogP contribution in [0, 0.1) is 0 Å². The molecule has 1 N–H and O–H groups in total. The Morgan fingerprint density at radius 3 is 2.05 bits per heavy atom. The zero-order chi connectivity index (χ0) is 40.1. The van der Waals surface area contributed by atoms with Crippen molar-refractivity contribution in [3.8, 4) is 0 Å². The van der Waals surface area contributed by atoms with E-state index in [0.717, 1.165) is 18.2 Å². The standard InChI is InChI=1S/C36H38F9N5O5/c1-2-26-18-30(28-17-23(34(37,38)39)7-8-29(28)50(26)33(53)55-11-5-3-4-6-31(51)52)49(32-46-19-27(20-47-32)48-9-12-54-13-10-48)21-22-14-24(35(40,41)42)16-25(15-22)36(43,44)45/h7-8,14-17,19-20,26,30H,2-6,9-13,18,21H2,1H3,(H,51,52)/t26-,30+/m1/s1. The van der Waals surface area contributed by atoms with Crippen LogP contribution < -0.4 is 14.7 Å². The summed E-state index contributed by atoms with van der Waals surface area (Å²) in [4.78, 5) is 37.5. The SMILES string of the molecule is CC[C@@H]1C[C@H](N(Cc2cc(C(F)(F)F)cc(C(F)(F)F)c2)c2ncc(N3CCOCC3)cn2)c2cc(C(F)(F)F)ccc2N1C(=O)OCCCCCC(=O)O. The van der Waals surface area contributed by atoms with E-state index in [1.165, 1.54) is 22.2 Å². The molecule has 2 aromatic carbocycles. The first-order chi connectivity index (χ1) is 25.9. The number of hydrogen-bond acceptors (Lipinski definition) is 8. The van der Waals surface area contributed by atoms with Crippen molar-refractivity contribution in [2.45, 2.75) is 82.6 Å². The third-order valence-corrected chi connectivity index (χ3v) is 9.40. The summed E-state index contributed by atoms with van der Waals surface area (Å²) in [6.07, 6.45) is -12.2. The molecule has 2 aliphatic rings. The van der Waals surface area contributed by atoms with Gasteiger partial charge in [-0.1, -0.05) is 6.92 Å². The number of amides is 1. The van der Waals surface area contributed by atoms with Crippen LogP contribution in [0.5, 0.6) is 0 Å². The van der Waals surface area contributed by atoms with E-state index in [9.17, 15) is 49.1 Å². The number of nitrogens with zero attached hydrogens (tertiary/aromatic N) is 5. The van der Waals surface area contributed by atoms with Gasteiger partial charge in [0.15, 0.2) is 0 Å². The molecule has 2 atom stereocenters. The molecule has 1 aromatic heterocycles. The summed E-state index contributed by atoms with van der Waals surface area (Å²) in [7, 11) is 0. The van der Waals surface area contributed by atoms with Gasteiger partial charge in [0.2, 0.25) is 5.95 Å². The Hall–Kier alpha value is -4.81. The highest BCUT2D eigenvalue weighted by Crippen LogP contribution is 2.46. The molecule has 2 aliphatic heterocycles. The summed E-state index contributed by atoms with van der Waals surface area (Å²) in [5.41, 5.74) is -4.31. The van der Waals surface area contributed by atoms with Crippen LogP contribution in [0.25, 0.3) is 0 Å². The number of carboxylic acids is 1. The van der Waals surface area contributed by atoms with E-state index in [4.69, 9.17) is 14.6 Å². The van der Waals surface area contributed by atoms with Crippen LogP contribution in [0.3, 0.4) is 0 Å². The first-order valence-electron chi connectivity index (χ1n) is 17.5. The monoisotopic (exact) mass is 791 g/mol. The van der Waals surface area contributed by atoms with Crippen molar-refractivity contribution in [3.63, 3.8) is 0 Å². The summed E-state index contributed by atoms with van der Waals surface area (Å²) < 4.78 is 137. The normalized spacial score (nSPS) is 17.9. The largest absolute Gasteiger partial charge is 0.481 e. The van der Waals surface area contributed by atoms with Gasteiger partial charge in [0.05, 0.1) is 66.3 Å². The van der Waals surface area contributed by atoms with Gasteiger partial charge in [0.1, 0.15) is 0 Å². The molecular weight excluding hydrogens is 753 g/mol. The molecule has 0 unspecified atom stereocenters. The average Bonchev–Trinajstić information content (AvgIpc) is 3.13. The Kier molecular flexibility index (Phi) is 12.7. The van der Waals surface area contributed by atoms with Gasteiger partial charge in [0, 0.05) is 32.1 Å². The molecular formula is C36H38F9N5O5. The molecule has 0 radical (unpaired) electrons. The summed E-state index contributed by atoms with van der Waals surface area (Å²) in [6, 6.07) is 1.73. The number of carbonyl (C=O) groups excluding carboxylic acids is 1. The van der Waals surface area contributed by atoms with Gasteiger partial charge in [-0.15, -0.1) is 0 Å². The maximum atomic E-state index is 14.2. The number of aliphatic carboxylic acids is 1. The highest BCUT2D eigenvalue weighted by molar-refractivity contribution is 5.90. The number of fused-ring (bicyclic) bond motifs is 1. The number of halogens is 9. The Morgan fingerprint density at radius 2 is 1.49 bits per heavy atom. The number of benzene rings is 2. The minimum Gasteiger partial charge on any atom is -0.481 e. The fourth-order valence-corrected chi connectivity index (χ4v) is 6.65. The van der Waals surface area contributed by atoms with Crippen molar-refractivity contribution in [1.82, 2.24) is 9.97 Å². The van der Waals surface area contributed by atoms with Crippen molar-refractivity contribution in [3.05, 3.63) is 76.6 Å². The topological polar surface area (TPSA) is 108 Å². The van der Waals surface area contributed by atoms with Crippen LogP contribution in [0.15, 0.2) is 48.8 Å². The molecule has 1 saturated heterocycles. The van der Waals surface area contributed by atoms with Gasteiger partial charge >= 0.3 is 30.6 Å². The van der Waals surface area contributed by atoms with Crippen LogP contribution in [0.4, 0.5) is 61.6 Å². The van der Waals surface area contributed by atoms with E-state index in [1.807, 2.05) is 4.90 Å². The highest BCUT2D eigenvalue weighted by atomic mass is 19.4. The second kappa shape index (κ2) is 16.9. The van der Waals surface area contributed by atoms with E-state index < -0.39 is 71.5 Å². The quantitative estimate of drug-likeness (QED) is 0.142. The van der Waals surface area contributed by atoms with Gasteiger partial charge in [-0.3, -0.25) is 9.69 Å². The predicted octanol–water partition coefficient (Wildman–Crippen LogP) is 8.89. The zero-order valence-electron chi connectivity index (χ0n) is 29.5. The maximum Gasteiger partial charge on any atom is 0.416 e. The third-order valence-electron chi connectivity index (χ3n) is 9.40. The predicted molar refractivity (Wildman–Crippen MR) is 181 cm³/mol. The van der Waals surface area contributed by atoms with Gasteiger partial charge < -0.3 is 24.4 Å². The molecule has 10 nitrogen and oxygen atoms in total. The van der Waals surface area contributed by atoms with Crippen molar-refractivity contribution in [2.75, 3.05) is 47.6 Å². The highest BCUT2D eigenvalue weighted by Gasteiger charge is 2.43. The van der Waals surface area contributed by atoms with Gasteiger partial charge in [-0.2, -0.15) is 39.5 Å². The zero-order valence-corrected chi connectivity index (χ0v) is 29.5. The summed E-state index contributed by atoms with van der Waals surface area (Å²) in [5, 5.41) is 8.85. The lowest BCUT2D eigenvalue weighted by molar-refractivity contribution is -0.143. The lowest BCUT2D eigenvalue weighted by Crippen LogP contribution is -2.48. The van der Waals surface area contributed by atoms with Crippen molar-refractivity contribution < 1.29 is 63.7 Å². The van der Waals surface area contributed by atoms with Crippen LogP contribution in [-0.2, 0) is 39.3 Å². The number of ether oxygens (including phenoxy) is 2. The molecule has 0 saturated carbocycles. The summed E-state index contributed by atoms with van der Waals surface area (Å²) in [6.45, 7) is 2.68. The molecule has 1 amide bonds. The number of hydrogen-bond donors (Lipinski definition) is 1. The average molecular weight is 792 g/mol. The van der Waals surface area contributed by atoms with Gasteiger partial charge in [0.25, 0.3) is 0 Å². The van der Waals surface area contributed by atoms with Crippen LogP contribution in [-0.4, -0.2) is 66.1 Å². The number of rotatable bonds is 12. The van der Waals surface area contributed by atoms with Crippen LogP contribution in [0.1, 0.15) is 79.3 Å². The third kappa shape index (κ3) is 10.3. The van der Waals surface area contributed by atoms with Crippen LogP contribution in [0.2, 0.25) is 0 Å². The molecule has 55 heavy (non-hydrogen) atoms. The summed E-state index contributed by atoms with van der Waals surface area (Å²) >= 11 is 0. The molecule has 5 rings (SSSR count). The van der Waals surface area contributed by atoms with Crippen LogP contribution >= 0.6 is 0 Å². The molecule has 3 aromatic rings. The van der Waals surface area contributed by atoms with E-state index in [1.54, 1.807) is 6.92 Å². The minimum absolute atomic E-state index is 0.0121. The Morgan fingerprint density at radius 1 is 0.873 bits per heavy atom. The number of morpholine rings is 1. The second-order valence-corrected chi connectivity index (χ2v) is 13.2. The summed E-state index contributed by atoms with van der Waals surface area (Å²) in [5.74, 6) is -1.18. The van der Waals surface area contributed by atoms with Crippen molar-refractivity contribution in [1.29, 1.82) is 0 Å². The van der Waals surface area contributed by atoms with E-state index >= 15 is 0 Å². The first-order valence-corrected chi connectivity index (χ1v) is 17.5. The Bertz CT molecular complexity index is 1770.